The first-order valence-electron chi connectivity index (χ1n) is 10.7. The lowest BCUT2D eigenvalue weighted by molar-refractivity contribution is -0.192. The maximum atomic E-state index is 10.6. The summed E-state index contributed by atoms with van der Waals surface area (Å²) in [7, 11) is 1.83. The van der Waals surface area contributed by atoms with Gasteiger partial charge in [-0.15, -0.1) is 5.10 Å². The quantitative estimate of drug-likeness (QED) is 0.434. The van der Waals surface area contributed by atoms with Crippen LogP contribution in [0.4, 0.5) is 19.0 Å². The molecule has 0 bridgehead atoms. The van der Waals surface area contributed by atoms with Crippen LogP contribution >= 0.6 is 0 Å². The molecular weight excluding hydrogens is 479 g/mol. The summed E-state index contributed by atoms with van der Waals surface area (Å²) in [6.07, 6.45) is 2.08. The minimum atomic E-state index is -5.08. The smallest absolute Gasteiger partial charge is 0.475 e. The van der Waals surface area contributed by atoms with Crippen LogP contribution in [-0.4, -0.2) is 73.0 Å². The second-order valence-electron chi connectivity index (χ2n) is 7.83. The molecule has 1 fully saturated rings. The van der Waals surface area contributed by atoms with Gasteiger partial charge in [-0.2, -0.15) is 23.5 Å². The van der Waals surface area contributed by atoms with E-state index < -0.39 is 12.1 Å². The van der Waals surface area contributed by atoms with Crippen molar-refractivity contribution in [2.45, 2.75) is 6.18 Å². The highest BCUT2D eigenvalue weighted by Crippen LogP contribution is 2.31. The molecule has 0 atom stereocenters. The van der Waals surface area contributed by atoms with Crippen LogP contribution in [0.5, 0.6) is 0 Å². The summed E-state index contributed by atoms with van der Waals surface area (Å²) in [6.45, 7) is 3.82. The topological polar surface area (TPSA) is 137 Å². The zero-order valence-corrected chi connectivity index (χ0v) is 18.9. The fourth-order valence-electron chi connectivity index (χ4n) is 3.67. The van der Waals surface area contributed by atoms with Crippen molar-refractivity contribution in [2.75, 3.05) is 31.1 Å². The number of nitriles is 1. The lowest BCUT2D eigenvalue weighted by Crippen LogP contribution is -2.43. The molecule has 4 aromatic heterocycles. The van der Waals surface area contributed by atoms with Gasteiger partial charge in [-0.1, -0.05) is 5.21 Å². The number of piperazine rings is 1. The number of carboxylic acid groups (broad SMARTS) is 1. The zero-order chi connectivity index (χ0) is 25.9. The average Bonchev–Trinajstić information content (AvgIpc) is 3.50. The molecule has 1 aliphatic rings. The van der Waals surface area contributed by atoms with Gasteiger partial charge in [0.25, 0.3) is 0 Å². The van der Waals surface area contributed by atoms with Crippen molar-refractivity contribution in [2.24, 2.45) is 7.05 Å². The number of pyridine rings is 2. The number of alkyl halides is 3. The second-order valence-corrected chi connectivity index (χ2v) is 7.83. The van der Waals surface area contributed by atoms with E-state index in [1.165, 1.54) is 0 Å². The Balaban J connectivity index is 0.000000384. The number of nitrogens with zero attached hydrogens (tertiary/aromatic N) is 8. The van der Waals surface area contributed by atoms with E-state index in [4.69, 9.17) is 9.90 Å². The highest BCUT2D eigenvalue weighted by atomic mass is 19.4. The van der Waals surface area contributed by atoms with E-state index >= 15 is 0 Å². The number of fused-ring (bicyclic) bond motifs is 1. The number of hydrogen-bond donors (Lipinski definition) is 2. The van der Waals surface area contributed by atoms with Gasteiger partial charge in [0.2, 0.25) is 0 Å². The van der Waals surface area contributed by atoms with Crippen LogP contribution in [0.25, 0.3) is 27.9 Å². The number of aromatic nitrogens is 6. The van der Waals surface area contributed by atoms with Crippen LogP contribution in [0, 0.1) is 11.3 Å². The van der Waals surface area contributed by atoms with Gasteiger partial charge in [0.1, 0.15) is 17.6 Å². The van der Waals surface area contributed by atoms with Crippen LogP contribution in [0.2, 0.25) is 0 Å². The zero-order valence-electron chi connectivity index (χ0n) is 18.9. The summed E-state index contributed by atoms with van der Waals surface area (Å²) in [5.41, 5.74) is 4.72. The predicted molar refractivity (Wildman–Crippen MR) is 122 cm³/mol. The first-order valence-corrected chi connectivity index (χ1v) is 10.7. The molecule has 186 valence electrons. The van der Waals surface area contributed by atoms with Crippen molar-refractivity contribution in [1.29, 1.82) is 5.26 Å². The summed E-state index contributed by atoms with van der Waals surface area (Å²) in [5.74, 6) is -1.79. The molecule has 36 heavy (non-hydrogen) atoms. The first-order chi connectivity index (χ1) is 17.2. The standard InChI is InChI=1S/C20H19N9.C2HF3O2/c1-27-13-18(25-26-27)15-8-17(20-16(9-21)11-24-29(20)12-15)14-2-3-19(23-10-14)28-6-4-22-5-7-28;3-2(4,5)1(6)7/h2-3,8,10-13,22H,4-7H2,1H3;(H,6,7). The SMILES string of the molecule is Cn1cc(-c2cc(-c3ccc(N4CCNCC4)nc3)c3c(C#N)cnn3c2)nn1.O=C(O)C(F)(F)F. The largest absolute Gasteiger partial charge is 0.490 e. The van der Waals surface area contributed by atoms with Crippen molar-refractivity contribution >= 4 is 17.3 Å². The highest BCUT2D eigenvalue weighted by Gasteiger charge is 2.38. The third kappa shape index (κ3) is 5.26. The number of aliphatic carboxylic acids is 1. The number of hydrogen-bond acceptors (Lipinski definition) is 8. The van der Waals surface area contributed by atoms with Gasteiger partial charge >= 0.3 is 12.1 Å². The van der Waals surface area contributed by atoms with Crippen molar-refractivity contribution in [3.8, 4) is 28.5 Å². The molecule has 0 amide bonds. The minimum Gasteiger partial charge on any atom is -0.475 e. The van der Waals surface area contributed by atoms with Crippen molar-refractivity contribution < 1.29 is 23.1 Å². The molecule has 0 unspecified atom stereocenters. The van der Waals surface area contributed by atoms with Crippen molar-refractivity contribution in [3.63, 3.8) is 0 Å². The Morgan fingerprint density at radius 3 is 2.44 bits per heavy atom. The molecule has 1 saturated heterocycles. The summed E-state index contributed by atoms with van der Waals surface area (Å²) >= 11 is 0. The normalized spacial score (nSPS) is 13.7. The summed E-state index contributed by atoms with van der Waals surface area (Å²) in [6, 6.07) is 8.34. The van der Waals surface area contributed by atoms with E-state index in [0.29, 0.717) is 5.56 Å². The molecule has 4 aromatic rings. The van der Waals surface area contributed by atoms with Crippen LogP contribution in [0.3, 0.4) is 0 Å². The van der Waals surface area contributed by atoms with Gasteiger partial charge < -0.3 is 15.3 Å². The van der Waals surface area contributed by atoms with E-state index in [2.05, 4.69) is 36.7 Å². The number of carbonyl (C=O) groups is 1. The number of nitrogens with one attached hydrogen (secondary N) is 1. The molecule has 0 saturated carbocycles. The molecule has 5 heterocycles. The number of rotatable bonds is 3. The Hall–Kier alpha value is -4.51. The van der Waals surface area contributed by atoms with E-state index in [1.54, 1.807) is 15.4 Å². The average molecular weight is 499 g/mol. The molecule has 0 radical (unpaired) electrons. The summed E-state index contributed by atoms with van der Waals surface area (Å²) in [4.78, 5) is 15.9. The Morgan fingerprint density at radius 1 is 1.17 bits per heavy atom. The first kappa shape index (κ1) is 24.6. The molecule has 0 spiro atoms. The fourth-order valence-corrected chi connectivity index (χ4v) is 3.67. The van der Waals surface area contributed by atoms with Crippen LogP contribution in [0.1, 0.15) is 5.56 Å². The third-order valence-electron chi connectivity index (χ3n) is 5.37. The van der Waals surface area contributed by atoms with E-state index in [-0.39, 0.29) is 0 Å². The molecule has 1 aliphatic heterocycles. The van der Waals surface area contributed by atoms with Gasteiger partial charge in [0.15, 0.2) is 0 Å². The molecule has 0 aromatic carbocycles. The Labute approximate surface area is 202 Å². The van der Waals surface area contributed by atoms with Crippen molar-refractivity contribution in [3.05, 3.63) is 48.5 Å². The predicted octanol–water partition coefficient (Wildman–Crippen LogP) is 2.11. The lowest BCUT2D eigenvalue weighted by atomic mass is 10.0. The van der Waals surface area contributed by atoms with E-state index in [9.17, 15) is 18.4 Å². The fraction of sp³-hybridized carbons (Fsp3) is 0.273. The summed E-state index contributed by atoms with van der Waals surface area (Å²) in [5, 5.41) is 32.6. The van der Waals surface area contributed by atoms with Crippen molar-refractivity contribution in [1.82, 2.24) is 34.9 Å². The molecule has 0 aliphatic carbocycles. The molecule has 11 nitrogen and oxygen atoms in total. The van der Waals surface area contributed by atoms with E-state index in [0.717, 1.165) is 59.9 Å². The van der Waals surface area contributed by atoms with Gasteiger partial charge in [-0.3, -0.25) is 4.68 Å². The van der Waals surface area contributed by atoms with Gasteiger partial charge in [0.05, 0.1) is 23.5 Å². The lowest BCUT2D eigenvalue weighted by Gasteiger charge is -2.28. The minimum absolute atomic E-state index is 0.525. The van der Waals surface area contributed by atoms with Crippen LogP contribution in [-0.2, 0) is 11.8 Å². The Morgan fingerprint density at radius 2 is 1.89 bits per heavy atom. The van der Waals surface area contributed by atoms with Crippen LogP contribution < -0.4 is 10.2 Å². The van der Waals surface area contributed by atoms with Gasteiger partial charge in [-0.25, -0.2) is 14.3 Å². The maximum Gasteiger partial charge on any atom is 0.490 e. The Kier molecular flexibility index (Phi) is 6.84. The number of carboxylic acids is 1. The number of halogens is 3. The molecular formula is C22H20F3N9O2. The molecule has 5 rings (SSSR count). The Bertz CT molecular complexity index is 1420. The van der Waals surface area contributed by atoms with Gasteiger partial charge in [-0.05, 0) is 18.2 Å². The highest BCUT2D eigenvalue weighted by molar-refractivity contribution is 5.87. The van der Waals surface area contributed by atoms with E-state index in [1.807, 2.05) is 43.8 Å². The second kappa shape index (κ2) is 10.0. The van der Waals surface area contributed by atoms with Gasteiger partial charge in [0, 0.05) is 62.3 Å². The molecule has 14 heteroatoms. The molecule has 2 N–H and O–H groups in total. The van der Waals surface area contributed by atoms with Crippen LogP contribution in [0.15, 0.2) is 43.0 Å². The summed E-state index contributed by atoms with van der Waals surface area (Å²) < 4.78 is 35.1. The number of anilines is 1. The maximum absolute atomic E-state index is 10.6. The monoisotopic (exact) mass is 499 g/mol. The number of aryl methyl sites for hydroxylation is 1. The third-order valence-corrected chi connectivity index (χ3v) is 5.37.